The van der Waals surface area contributed by atoms with E-state index in [2.05, 4.69) is 28.7 Å². The largest absolute Gasteiger partial charge is 0.477 e. The zero-order chi connectivity index (χ0) is 21.0. The highest BCUT2D eigenvalue weighted by Gasteiger charge is 2.40. The summed E-state index contributed by atoms with van der Waals surface area (Å²) in [5.41, 5.74) is 5.72. The van der Waals surface area contributed by atoms with Crippen LogP contribution in [-0.4, -0.2) is 25.4 Å². The number of nitrogens with zero attached hydrogens (tertiary/aromatic N) is 3. The molecule has 1 aromatic carbocycles. The van der Waals surface area contributed by atoms with Crippen LogP contribution in [0.3, 0.4) is 0 Å². The minimum atomic E-state index is -1.16. The number of carboxylic acid groups (broad SMARTS) is 1. The Morgan fingerprint density at radius 2 is 1.87 bits per heavy atom. The van der Waals surface area contributed by atoms with Crippen LogP contribution in [0.2, 0.25) is 0 Å². The first-order chi connectivity index (χ1) is 14.4. The highest BCUT2D eigenvalue weighted by molar-refractivity contribution is 5.88. The van der Waals surface area contributed by atoms with Crippen molar-refractivity contribution in [3.05, 3.63) is 63.7 Å². The zero-order valence-electron chi connectivity index (χ0n) is 17.3. The lowest BCUT2D eigenvalue weighted by Crippen LogP contribution is -2.42. The lowest BCUT2D eigenvalue weighted by atomic mass is 9.73. The summed E-state index contributed by atoms with van der Waals surface area (Å²) >= 11 is 0. The average Bonchev–Trinajstić information content (AvgIpc) is 3.14. The average molecular weight is 403 g/mol. The third-order valence-corrected chi connectivity index (χ3v) is 6.84. The van der Waals surface area contributed by atoms with Crippen molar-refractivity contribution in [2.24, 2.45) is 7.05 Å². The number of rotatable bonds is 2. The number of hydrogen-bond acceptors (Lipinski definition) is 3. The highest BCUT2D eigenvalue weighted by atomic mass is 16.4. The van der Waals surface area contributed by atoms with Crippen LogP contribution < -0.4 is 5.43 Å². The van der Waals surface area contributed by atoms with Gasteiger partial charge in [0, 0.05) is 42.2 Å². The van der Waals surface area contributed by atoms with E-state index in [1.807, 2.05) is 19.4 Å². The molecule has 1 spiro atoms. The Morgan fingerprint density at radius 1 is 1.10 bits per heavy atom. The van der Waals surface area contributed by atoms with Gasteiger partial charge in [-0.3, -0.25) is 9.48 Å². The van der Waals surface area contributed by atoms with Gasteiger partial charge in [0.05, 0.1) is 11.9 Å². The fourth-order valence-corrected chi connectivity index (χ4v) is 5.37. The van der Waals surface area contributed by atoms with Crippen molar-refractivity contribution in [3.8, 4) is 22.4 Å². The van der Waals surface area contributed by atoms with Gasteiger partial charge >= 0.3 is 5.97 Å². The molecule has 1 aliphatic heterocycles. The molecule has 0 saturated heterocycles. The fourth-order valence-electron chi connectivity index (χ4n) is 5.37. The normalized spacial score (nSPS) is 16.9. The van der Waals surface area contributed by atoms with E-state index in [1.54, 1.807) is 10.9 Å². The van der Waals surface area contributed by atoms with Crippen LogP contribution in [0.15, 0.2) is 41.6 Å². The van der Waals surface area contributed by atoms with Gasteiger partial charge < -0.3 is 9.67 Å². The molecule has 1 fully saturated rings. The summed E-state index contributed by atoms with van der Waals surface area (Å²) in [6.07, 6.45) is 11.8. The van der Waals surface area contributed by atoms with Crippen LogP contribution in [0.1, 0.15) is 53.6 Å². The maximum atomic E-state index is 12.6. The Bertz CT molecular complexity index is 1230. The minimum absolute atomic E-state index is 0.143. The van der Waals surface area contributed by atoms with Gasteiger partial charge in [-0.25, -0.2) is 4.79 Å². The summed E-state index contributed by atoms with van der Waals surface area (Å²) in [7, 11) is 1.91. The van der Waals surface area contributed by atoms with E-state index in [4.69, 9.17) is 0 Å². The molecule has 2 aromatic heterocycles. The van der Waals surface area contributed by atoms with E-state index < -0.39 is 11.4 Å². The van der Waals surface area contributed by atoms with Crippen LogP contribution in [0, 0.1) is 6.92 Å². The van der Waals surface area contributed by atoms with Crippen molar-refractivity contribution in [1.82, 2.24) is 14.3 Å². The van der Waals surface area contributed by atoms with Crippen molar-refractivity contribution < 1.29 is 9.90 Å². The van der Waals surface area contributed by atoms with Crippen molar-refractivity contribution in [3.63, 3.8) is 0 Å². The Labute approximate surface area is 174 Å². The van der Waals surface area contributed by atoms with Gasteiger partial charge in [0.15, 0.2) is 5.43 Å². The van der Waals surface area contributed by atoms with Gasteiger partial charge in [-0.2, -0.15) is 5.10 Å². The highest BCUT2D eigenvalue weighted by Crippen LogP contribution is 2.46. The molecular formula is C24H25N3O3. The maximum absolute atomic E-state index is 12.6. The summed E-state index contributed by atoms with van der Waals surface area (Å²) < 4.78 is 3.92. The molecule has 3 aromatic rings. The Hall–Kier alpha value is -3.15. The van der Waals surface area contributed by atoms with E-state index in [-0.39, 0.29) is 11.1 Å². The van der Waals surface area contributed by atoms with E-state index >= 15 is 0 Å². The van der Waals surface area contributed by atoms with Crippen LogP contribution in [0.5, 0.6) is 0 Å². The van der Waals surface area contributed by atoms with Crippen LogP contribution >= 0.6 is 0 Å². The predicted octanol–water partition coefficient (Wildman–Crippen LogP) is 4.14. The van der Waals surface area contributed by atoms with Crippen LogP contribution in [0.4, 0.5) is 0 Å². The Kier molecular flexibility index (Phi) is 4.20. The van der Waals surface area contributed by atoms with E-state index in [1.165, 1.54) is 18.1 Å². The quantitative estimate of drug-likeness (QED) is 0.698. The van der Waals surface area contributed by atoms with Crippen LogP contribution in [-0.2, 0) is 19.0 Å². The van der Waals surface area contributed by atoms with Gasteiger partial charge in [-0.1, -0.05) is 25.3 Å². The summed E-state index contributed by atoms with van der Waals surface area (Å²) in [4.78, 5) is 24.2. The number of aryl methyl sites for hydroxylation is 2. The molecule has 30 heavy (non-hydrogen) atoms. The van der Waals surface area contributed by atoms with Gasteiger partial charge in [-0.05, 0) is 48.9 Å². The monoisotopic (exact) mass is 403 g/mol. The summed E-state index contributed by atoms with van der Waals surface area (Å²) in [5, 5.41) is 13.9. The Morgan fingerprint density at radius 3 is 2.53 bits per heavy atom. The number of aromatic carboxylic acids is 1. The number of aromatic nitrogens is 3. The molecule has 0 amide bonds. The molecule has 1 aliphatic carbocycles. The molecule has 0 radical (unpaired) electrons. The molecule has 0 bridgehead atoms. The van der Waals surface area contributed by atoms with E-state index in [0.29, 0.717) is 0 Å². The van der Waals surface area contributed by atoms with Gasteiger partial charge in [0.2, 0.25) is 0 Å². The molecule has 3 heterocycles. The molecule has 6 nitrogen and oxygen atoms in total. The molecule has 1 N–H and O–H groups in total. The molecule has 2 aliphatic rings. The topological polar surface area (TPSA) is 77.1 Å². The smallest absolute Gasteiger partial charge is 0.341 e. The summed E-state index contributed by atoms with van der Waals surface area (Å²) in [5.74, 6) is -1.16. The van der Waals surface area contributed by atoms with Gasteiger partial charge in [0.25, 0.3) is 0 Å². The minimum Gasteiger partial charge on any atom is -0.477 e. The van der Waals surface area contributed by atoms with Crippen molar-refractivity contribution in [1.29, 1.82) is 0 Å². The fraction of sp³-hybridized carbons (Fsp3) is 0.375. The first-order valence-corrected chi connectivity index (χ1v) is 10.5. The maximum Gasteiger partial charge on any atom is 0.341 e. The molecule has 1 saturated carbocycles. The van der Waals surface area contributed by atoms with Crippen molar-refractivity contribution in [2.45, 2.75) is 51.0 Å². The number of pyridine rings is 1. The van der Waals surface area contributed by atoms with E-state index in [9.17, 15) is 14.7 Å². The van der Waals surface area contributed by atoms with E-state index in [0.717, 1.165) is 60.1 Å². The summed E-state index contributed by atoms with van der Waals surface area (Å²) in [6.45, 7) is 2.07. The first-order valence-electron chi connectivity index (χ1n) is 10.5. The molecule has 0 atom stereocenters. The summed E-state index contributed by atoms with van der Waals surface area (Å²) in [6, 6.07) is 5.91. The second kappa shape index (κ2) is 6.69. The number of benzene rings is 1. The second-order valence-electron chi connectivity index (χ2n) is 8.80. The lowest BCUT2D eigenvalue weighted by Gasteiger charge is -2.45. The zero-order valence-corrected chi connectivity index (χ0v) is 17.3. The lowest BCUT2D eigenvalue weighted by molar-refractivity contribution is 0.0693. The molecule has 6 heteroatoms. The Balaban J connectivity index is 1.76. The molecule has 0 unspecified atom stereocenters. The van der Waals surface area contributed by atoms with Gasteiger partial charge in [-0.15, -0.1) is 0 Å². The van der Waals surface area contributed by atoms with Crippen molar-refractivity contribution in [2.75, 3.05) is 0 Å². The number of fused-ring (bicyclic) bond motifs is 4. The van der Waals surface area contributed by atoms with Gasteiger partial charge in [0.1, 0.15) is 5.56 Å². The SMILES string of the molecule is Cc1cc2c(cc1-c1cnn(C)c1)CC1(CCCCC1)n1cc(C(=O)O)c(=O)cc1-2. The van der Waals surface area contributed by atoms with Crippen molar-refractivity contribution >= 4 is 5.97 Å². The number of hydrogen-bond donors (Lipinski definition) is 1. The molecule has 5 rings (SSSR count). The number of carboxylic acids is 1. The standard InChI is InChI=1S/C24H25N3O3/c1-15-8-19-16(9-18(15)17-12-25-26(2)13-17)11-24(6-4-3-5-7-24)27-14-20(23(29)30)22(28)10-21(19)27/h8-10,12-14H,3-7,11H2,1-2H3,(H,29,30). The first kappa shape index (κ1) is 18.9. The third kappa shape index (κ3) is 2.82. The molecule has 154 valence electrons. The van der Waals surface area contributed by atoms with Crippen LogP contribution in [0.25, 0.3) is 22.4 Å². The third-order valence-electron chi connectivity index (χ3n) is 6.84. The second-order valence-corrected chi connectivity index (χ2v) is 8.80. The predicted molar refractivity (Wildman–Crippen MR) is 115 cm³/mol. The number of carbonyl (C=O) groups is 1. The molecular weight excluding hydrogens is 378 g/mol.